The minimum atomic E-state index is -0.195. The van der Waals surface area contributed by atoms with Gasteiger partial charge in [-0.1, -0.05) is 38.1 Å². The van der Waals surface area contributed by atoms with E-state index in [1.54, 1.807) is 0 Å². The van der Waals surface area contributed by atoms with Crippen molar-refractivity contribution < 1.29 is 9.59 Å². The molecular weight excluding hydrogens is 276 g/mol. The van der Waals surface area contributed by atoms with Gasteiger partial charge in [0.05, 0.1) is 12.0 Å². The number of nitrogens with one attached hydrogen (secondary N) is 1. The first-order valence-corrected chi connectivity index (χ1v) is 8.20. The Balaban J connectivity index is 1.61. The molecule has 1 N–H and O–H groups in total. The Morgan fingerprint density at radius 2 is 2.14 bits per heavy atom. The van der Waals surface area contributed by atoms with Crippen LogP contribution in [0.25, 0.3) is 0 Å². The number of amides is 2. The summed E-state index contributed by atoms with van der Waals surface area (Å²) >= 11 is 0. The quantitative estimate of drug-likeness (QED) is 0.927. The second kappa shape index (κ2) is 6.11. The number of rotatable bonds is 4. The number of likely N-dealkylation sites (tertiary alicyclic amines) is 1. The van der Waals surface area contributed by atoms with Gasteiger partial charge in [-0.15, -0.1) is 0 Å². The van der Waals surface area contributed by atoms with E-state index >= 15 is 0 Å². The third-order valence-electron chi connectivity index (χ3n) is 4.62. The molecule has 2 amide bonds. The van der Waals surface area contributed by atoms with Gasteiger partial charge in [-0.2, -0.15) is 0 Å². The molecule has 1 aliphatic heterocycles. The topological polar surface area (TPSA) is 49.4 Å². The van der Waals surface area contributed by atoms with Crippen LogP contribution in [0.4, 0.5) is 0 Å². The van der Waals surface area contributed by atoms with Gasteiger partial charge in [-0.3, -0.25) is 9.59 Å². The van der Waals surface area contributed by atoms with Crippen molar-refractivity contribution in [2.75, 3.05) is 13.1 Å². The summed E-state index contributed by atoms with van der Waals surface area (Å²) in [5.41, 5.74) is 2.57. The van der Waals surface area contributed by atoms with E-state index in [-0.39, 0.29) is 23.8 Å². The van der Waals surface area contributed by atoms with Crippen molar-refractivity contribution in [1.29, 1.82) is 0 Å². The highest BCUT2D eigenvalue weighted by atomic mass is 16.2. The molecular formula is C18H24N2O2. The molecule has 4 nitrogen and oxygen atoms in total. The van der Waals surface area contributed by atoms with Gasteiger partial charge < -0.3 is 10.2 Å². The molecule has 22 heavy (non-hydrogen) atoms. The summed E-state index contributed by atoms with van der Waals surface area (Å²) in [7, 11) is 0. The first-order valence-electron chi connectivity index (χ1n) is 8.20. The summed E-state index contributed by atoms with van der Waals surface area (Å²) in [4.78, 5) is 26.3. The number of fused-ring (bicyclic) bond motifs is 1. The Bertz CT molecular complexity index is 582. The van der Waals surface area contributed by atoms with Crippen LogP contribution in [0.15, 0.2) is 24.3 Å². The van der Waals surface area contributed by atoms with E-state index in [1.165, 1.54) is 11.1 Å². The maximum absolute atomic E-state index is 12.5. The normalized spacial score (nSPS) is 24.0. The van der Waals surface area contributed by atoms with Crippen molar-refractivity contribution in [1.82, 2.24) is 10.2 Å². The van der Waals surface area contributed by atoms with Crippen LogP contribution in [0.5, 0.6) is 0 Å². The first kappa shape index (κ1) is 15.1. The molecule has 0 bridgehead atoms. The van der Waals surface area contributed by atoms with Gasteiger partial charge in [0.15, 0.2) is 0 Å². The van der Waals surface area contributed by atoms with Crippen molar-refractivity contribution in [3.63, 3.8) is 0 Å². The number of hydrogen-bond donors (Lipinski definition) is 1. The van der Waals surface area contributed by atoms with Crippen LogP contribution in [0.3, 0.4) is 0 Å². The molecule has 0 radical (unpaired) electrons. The predicted molar refractivity (Wildman–Crippen MR) is 85.2 cm³/mol. The van der Waals surface area contributed by atoms with Gasteiger partial charge in [-0.25, -0.2) is 0 Å². The third-order valence-corrected chi connectivity index (χ3v) is 4.62. The van der Waals surface area contributed by atoms with Crippen LogP contribution in [-0.4, -0.2) is 29.8 Å². The van der Waals surface area contributed by atoms with Crippen molar-refractivity contribution in [3.8, 4) is 0 Å². The van der Waals surface area contributed by atoms with Crippen LogP contribution >= 0.6 is 0 Å². The monoisotopic (exact) mass is 300 g/mol. The van der Waals surface area contributed by atoms with Gasteiger partial charge >= 0.3 is 0 Å². The van der Waals surface area contributed by atoms with Crippen LogP contribution < -0.4 is 5.32 Å². The summed E-state index contributed by atoms with van der Waals surface area (Å²) in [6, 6.07) is 8.40. The molecule has 4 heteroatoms. The minimum Gasteiger partial charge on any atom is -0.349 e. The molecule has 1 aromatic rings. The Morgan fingerprint density at radius 1 is 1.36 bits per heavy atom. The molecule has 0 spiro atoms. The van der Waals surface area contributed by atoms with Gasteiger partial charge in [0, 0.05) is 19.5 Å². The Labute approximate surface area is 131 Å². The summed E-state index contributed by atoms with van der Waals surface area (Å²) in [6.45, 7) is 5.50. The van der Waals surface area contributed by atoms with E-state index in [0.29, 0.717) is 18.9 Å². The van der Waals surface area contributed by atoms with E-state index in [1.807, 2.05) is 17.0 Å². The highest BCUT2D eigenvalue weighted by molar-refractivity contribution is 5.89. The second-order valence-corrected chi connectivity index (χ2v) is 6.89. The SMILES string of the molecule is CC(C)CN1C[C@@H](C(=O)N[C@@H]2CCc3ccccc32)CC1=O. The first-order chi connectivity index (χ1) is 10.5. The standard InChI is InChI=1S/C18H24N2O2/c1-12(2)10-20-11-14(9-17(20)21)18(22)19-16-8-7-13-5-3-4-6-15(13)16/h3-6,12,14,16H,7-11H2,1-2H3,(H,19,22)/t14-,16+/m0/s1. The fraction of sp³-hybridized carbons (Fsp3) is 0.556. The Hall–Kier alpha value is -1.84. The van der Waals surface area contributed by atoms with Gasteiger partial charge in [0.25, 0.3) is 0 Å². The maximum atomic E-state index is 12.5. The van der Waals surface area contributed by atoms with Gasteiger partial charge in [-0.05, 0) is 29.9 Å². The minimum absolute atomic E-state index is 0.0290. The fourth-order valence-corrected chi connectivity index (χ4v) is 3.56. The zero-order valence-electron chi connectivity index (χ0n) is 13.3. The number of aryl methyl sites for hydroxylation is 1. The lowest BCUT2D eigenvalue weighted by atomic mass is 10.1. The number of benzene rings is 1. The molecule has 1 heterocycles. The van der Waals surface area contributed by atoms with Crippen molar-refractivity contribution in [2.45, 2.75) is 39.2 Å². The van der Waals surface area contributed by atoms with Gasteiger partial charge in [0.1, 0.15) is 0 Å². The van der Waals surface area contributed by atoms with Crippen molar-refractivity contribution >= 4 is 11.8 Å². The van der Waals surface area contributed by atoms with Crippen LogP contribution in [-0.2, 0) is 16.0 Å². The lowest BCUT2D eigenvalue weighted by Crippen LogP contribution is -2.35. The Morgan fingerprint density at radius 3 is 2.91 bits per heavy atom. The van der Waals surface area contributed by atoms with Crippen LogP contribution in [0.1, 0.15) is 43.9 Å². The zero-order valence-corrected chi connectivity index (χ0v) is 13.3. The van der Waals surface area contributed by atoms with Crippen LogP contribution in [0, 0.1) is 11.8 Å². The number of nitrogens with zero attached hydrogens (tertiary/aromatic N) is 1. The molecule has 3 rings (SSSR count). The van der Waals surface area contributed by atoms with Crippen molar-refractivity contribution in [3.05, 3.63) is 35.4 Å². The summed E-state index contributed by atoms with van der Waals surface area (Å²) in [5.74, 6) is 0.383. The largest absolute Gasteiger partial charge is 0.349 e. The predicted octanol–water partition coefficient (Wildman–Crippen LogP) is 2.29. The smallest absolute Gasteiger partial charge is 0.225 e. The lowest BCUT2D eigenvalue weighted by molar-refractivity contribution is -0.129. The average molecular weight is 300 g/mol. The van der Waals surface area contributed by atoms with Gasteiger partial charge in [0.2, 0.25) is 11.8 Å². The highest BCUT2D eigenvalue weighted by Gasteiger charge is 2.35. The zero-order chi connectivity index (χ0) is 15.7. The molecule has 2 atom stereocenters. The summed E-state index contributed by atoms with van der Waals surface area (Å²) < 4.78 is 0. The third kappa shape index (κ3) is 3.01. The molecule has 1 aromatic carbocycles. The molecule has 0 saturated carbocycles. The fourth-order valence-electron chi connectivity index (χ4n) is 3.56. The number of hydrogen-bond acceptors (Lipinski definition) is 2. The molecule has 2 aliphatic rings. The van der Waals surface area contributed by atoms with Crippen LogP contribution in [0.2, 0.25) is 0 Å². The van der Waals surface area contributed by atoms with E-state index in [0.717, 1.165) is 19.4 Å². The molecule has 1 fully saturated rings. The molecule has 1 saturated heterocycles. The second-order valence-electron chi connectivity index (χ2n) is 6.89. The van der Waals surface area contributed by atoms with Crippen molar-refractivity contribution in [2.24, 2.45) is 11.8 Å². The lowest BCUT2D eigenvalue weighted by Gasteiger charge is -2.20. The highest BCUT2D eigenvalue weighted by Crippen LogP contribution is 2.31. The van der Waals surface area contributed by atoms with E-state index < -0.39 is 0 Å². The molecule has 0 unspecified atom stereocenters. The maximum Gasteiger partial charge on any atom is 0.225 e. The molecule has 118 valence electrons. The number of carbonyl (C=O) groups excluding carboxylic acids is 2. The van der Waals surface area contributed by atoms with E-state index in [4.69, 9.17) is 0 Å². The number of carbonyl (C=O) groups is 2. The summed E-state index contributed by atoms with van der Waals surface area (Å²) in [5, 5.41) is 3.15. The van der Waals surface area contributed by atoms with E-state index in [2.05, 4.69) is 31.3 Å². The van der Waals surface area contributed by atoms with E-state index in [9.17, 15) is 9.59 Å². The molecule has 0 aromatic heterocycles. The Kier molecular flexibility index (Phi) is 4.19. The average Bonchev–Trinajstić information content (AvgIpc) is 3.04. The molecule has 1 aliphatic carbocycles. The summed E-state index contributed by atoms with van der Waals surface area (Å²) in [6.07, 6.45) is 2.33.